The lowest BCUT2D eigenvalue weighted by atomic mass is 9.99. The van der Waals surface area contributed by atoms with Gasteiger partial charge < -0.3 is 15.5 Å². The quantitative estimate of drug-likeness (QED) is 0.513. The second-order valence-electron chi connectivity index (χ2n) is 7.62. The number of hydrogen-bond acceptors (Lipinski definition) is 6. The summed E-state index contributed by atoms with van der Waals surface area (Å²) in [5, 5.41) is 22.3. The molecule has 0 atom stereocenters. The summed E-state index contributed by atoms with van der Waals surface area (Å²) in [5.74, 6) is -2.05. The zero-order chi connectivity index (χ0) is 23.0. The molecule has 0 fully saturated rings. The Morgan fingerprint density at radius 2 is 1.91 bits per heavy atom. The molecule has 0 aliphatic carbocycles. The number of aryl methyl sites for hydroxylation is 2. The van der Waals surface area contributed by atoms with Crippen molar-refractivity contribution in [3.8, 4) is 11.3 Å². The molecule has 4 rings (SSSR count). The third-order valence-electron chi connectivity index (χ3n) is 5.25. The van der Waals surface area contributed by atoms with Gasteiger partial charge in [-0.05, 0) is 43.7 Å². The Balaban J connectivity index is 1.73. The number of carbonyl (C=O) groups excluding carboxylic acids is 2. The van der Waals surface area contributed by atoms with Crippen LogP contribution >= 0.6 is 0 Å². The minimum Gasteiger partial charge on any atom is -0.478 e. The van der Waals surface area contributed by atoms with Gasteiger partial charge >= 0.3 is 5.97 Å². The Kier molecular flexibility index (Phi) is 5.46. The van der Waals surface area contributed by atoms with E-state index in [2.05, 4.69) is 5.32 Å². The number of fused-ring (bicyclic) bond motifs is 1. The summed E-state index contributed by atoms with van der Waals surface area (Å²) in [6.07, 6.45) is 1.19. The first-order valence-corrected chi connectivity index (χ1v) is 9.99. The summed E-state index contributed by atoms with van der Waals surface area (Å²) >= 11 is 0. The van der Waals surface area contributed by atoms with Crippen LogP contribution in [0, 0.1) is 13.8 Å². The Bertz CT molecular complexity index is 1310. The van der Waals surface area contributed by atoms with E-state index in [1.54, 1.807) is 24.3 Å². The maximum absolute atomic E-state index is 12.4. The van der Waals surface area contributed by atoms with Crippen LogP contribution in [-0.4, -0.2) is 51.0 Å². The first-order chi connectivity index (χ1) is 15.3. The van der Waals surface area contributed by atoms with E-state index < -0.39 is 17.8 Å². The van der Waals surface area contributed by atoms with Crippen LogP contribution in [0.15, 0.2) is 54.2 Å². The molecule has 2 heterocycles. The highest BCUT2D eigenvalue weighted by Gasteiger charge is 2.30. The molecule has 8 nitrogen and oxygen atoms in total. The predicted molar refractivity (Wildman–Crippen MR) is 119 cm³/mol. The molecule has 0 spiro atoms. The number of amides is 2. The molecule has 1 aliphatic rings. The number of carboxylic acids is 1. The molecule has 0 unspecified atom stereocenters. The van der Waals surface area contributed by atoms with Crippen LogP contribution in [-0.2, 0) is 9.59 Å². The Hall–Kier alpha value is -4.04. The number of anilines is 1. The van der Waals surface area contributed by atoms with E-state index in [1.165, 1.54) is 12.1 Å². The number of aromatic nitrogens is 1. The number of pyridine rings is 1. The molecule has 162 valence electrons. The van der Waals surface area contributed by atoms with Crippen LogP contribution in [0.5, 0.6) is 0 Å². The standard InChI is InChI=1S/C24H21N3O5/c1-13-8-14(2)22-17(9-13)18(24(31)32)11-19(26-22)15-4-3-5-16(10-15)25-20-12-21(29)27(6-7-28)23(20)30/h3-5,8-12,25,28H,6-7H2,1-2H3,(H,31,32). The van der Waals surface area contributed by atoms with E-state index >= 15 is 0 Å². The smallest absolute Gasteiger partial charge is 0.336 e. The van der Waals surface area contributed by atoms with E-state index in [-0.39, 0.29) is 24.4 Å². The van der Waals surface area contributed by atoms with E-state index in [0.29, 0.717) is 27.8 Å². The number of nitrogens with one attached hydrogen (secondary N) is 1. The van der Waals surface area contributed by atoms with Gasteiger partial charge in [0.15, 0.2) is 0 Å². The number of carboxylic acid groups (broad SMARTS) is 1. The molecular weight excluding hydrogens is 410 g/mol. The van der Waals surface area contributed by atoms with Crippen molar-refractivity contribution in [1.82, 2.24) is 9.88 Å². The Morgan fingerprint density at radius 3 is 2.62 bits per heavy atom. The number of aromatic carboxylic acids is 1. The summed E-state index contributed by atoms with van der Waals surface area (Å²) < 4.78 is 0. The lowest BCUT2D eigenvalue weighted by molar-refractivity contribution is -0.137. The van der Waals surface area contributed by atoms with Crippen molar-refractivity contribution in [2.75, 3.05) is 18.5 Å². The first-order valence-electron chi connectivity index (χ1n) is 9.99. The van der Waals surface area contributed by atoms with Gasteiger partial charge in [0.25, 0.3) is 11.8 Å². The molecular formula is C24H21N3O5. The third kappa shape index (κ3) is 3.83. The fourth-order valence-corrected chi connectivity index (χ4v) is 3.83. The number of nitrogens with zero attached hydrogens (tertiary/aromatic N) is 2. The second-order valence-corrected chi connectivity index (χ2v) is 7.62. The molecule has 1 aliphatic heterocycles. The van der Waals surface area contributed by atoms with E-state index in [0.717, 1.165) is 16.0 Å². The van der Waals surface area contributed by atoms with Crippen molar-refractivity contribution in [3.05, 3.63) is 70.9 Å². The van der Waals surface area contributed by atoms with Crippen molar-refractivity contribution in [3.63, 3.8) is 0 Å². The van der Waals surface area contributed by atoms with Gasteiger partial charge in [-0.3, -0.25) is 14.5 Å². The Morgan fingerprint density at radius 1 is 1.12 bits per heavy atom. The van der Waals surface area contributed by atoms with Gasteiger partial charge in [0.2, 0.25) is 0 Å². The summed E-state index contributed by atoms with van der Waals surface area (Å²) in [7, 11) is 0. The lowest BCUT2D eigenvalue weighted by Gasteiger charge is -2.14. The molecule has 3 aromatic rings. The number of imide groups is 1. The maximum atomic E-state index is 12.4. The normalized spacial score (nSPS) is 13.6. The monoisotopic (exact) mass is 431 g/mol. The average molecular weight is 431 g/mol. The number of β-amino-alcohol motifs (C(OH)–C–C–N with tert-alkyl or cyclic N) is 1. The molecule has 1 aromatic heterocycles. The van der Waals surface area contributed by atoms with Crippen molar-refractivity contribution in [2.24, 2.45) is 0 Å². The van der Waals surface area contributed by atoms with Crippen molar-refractivity contribution >= 4 is 34.4 Å². The van der Waals surface area contributed by atoms with E-state index in [9.17, 15) is 19.5 Å². The summed E-state index contributed by atoms with van der Waals surface area (Å²) in [4.78, 5) is 41.9. The zero-order valence-electron chi connectivity index (χ0n) is 17.5. The van der Waals surface area contributed by atoms with Crippen molar-refractivity contribution in [1.29, 1.82) is 0 Å². The fraction of sp³-hybridized carbons (Fsp3) is 0.167. The van der Waals surface area contributed by atoms with Gasteiger partial charge in [-0.1, -0.05) is 23.8 Å². The molecule has 2 amide bonds. The lowest BCUT2D eigenvalue weighted by Crippen LogP contribution is -2.34. The average Bonchev–Trinajstić information content (AvgIpc) is 3.01. The highest BCUT2D eigenvalue weighted by atomic mass is 16.4. The molecule has 0 bridgehead atoms. The number of benzene rings is 2. The van der Waals surface area contributed by atoms with Gasteiger partial charge in [0.05, 0.1) is 29.9 Å². The van der Waals surface area contributed by atoms with Crippen LogP contribution in [0.3, 0.4) is 0 Å². The van der Waals surface area contributed by atoms with Crippen LogP contribution in [0.4, 0.5) is 5.69 Å². The van der Waals surface area contributed by atoms with Crippen LogP contribution in [0.25, 0.3) is 22.2 Å². The summed E-state index contributed by atoms with van der Waals surface area (Å²) in [6.45, 7) is 3.42. The molecule has 32 heavy (non-hydrogen) atoms. The zero-order valence-corrected chi connectivity index (χ0v) is 17.5. The first kappa shape index (κ1) is 21.2. The third-order valence-corrected chi connectivity index (χ3v) is 5.25. The van der Waals surface area contributed by atoms with Crippen LogP contribution in [0.2, 0.25) is 0 Å². The van der Waals surface area contributed by atoms with E-state index in [1.807, 2.05) is 26.0 Å². The molecule has 2 aromatic carbocycles. The molecule has 3 N–H and O–H groups in total. The van der Waals surface area contributed by atoms with E-state index in [4.69, 9.17) is 10.1 Å². The maximum Gasteiger partial charge on any atom is 0.336 e. The number of aliphatic hydroxyl groups is 1. The van der Waals surface area contributed by atoms with Crippen molar-refractivity contribution in [2.45, 2.75) is 13.8 Å². The van der Waals surface area contributed by atoms with Gasteiger partial charge in [0, 0.05) is 22.7 Å². The minimum absolute atomic E-state index is 0.0722. The minimum atomic E-state index is -1.04. The second kappa shape index (κ2) is 8.24. The predicted octanol–water partition coefficient (Wildman–Crippen LogP) is 2.87. The SMILES string of the molecule is Cc1cc(C)c2nc(-c3cccc(NC4=CC(=O)N(CCO)C4=O)c3)cc(C(=O)O)c2c1. The largest absolute Gasteiger partial charge is 0.478 e. The summed E-state index contributed by atoms with van der Waals surface area (Å²) in [6, 6.07) is 12.3. The Labute approximate surface area is 183 Å². The highest BCUT2D eigenvalue weighted by molar-refractivity contribution is 6.17. The topological polar surface area (TPSA) is 120 Å². The molecule has 8 heteroatoms. The van der Waals surface area contributed by atoms with Gasteiger partial charge in [-0.25, -0.2) is 9.78 Å². The number of carbonyl (C=O) groups is 3. The highest BCUT2D eigenvalue weighted by Crippen LogP contribution is 2.29. The fourth-order valence-electron chi connectivity index (χ4n) is 3.83. The summed E-state index contributed by atoms with van der Waals surface area (Å²) in [5.41, 5.74) is 4.39. The number of aliphatic hydroxyl groups excluding tert-OH is 1. The van der Waals surface area contributed by atoms with Gasteiger partial charge in [0.1, 0.15) is 5.70 Å². The molecule has 0 saturated heterocycles. The van der Waals surface area contributed by atoms with Crippen LogP contribution in [0.1, 0.15) is 21.5 Å². The number of hydrogen-bond donors (Lipinski definition) is 3. The van der Waals surface area contributed by atoms with Gasteiger partial charge in [-0.15, -0.1) is 0 Å². The van der Waals surface area contributed by atoms with Crippen LogP contribution < -0.4 is 5.32 Å². The van der Waals surface area contributed by atoms with Crippen molar-refractivity contribution < 1.29 is 24.6 Å². The number of rotatable bonds is 6. The molecule has 0 saturated carbocycles. The molecule has 0 radical (unpaired) electrons. The van der Waals surface area contributed by atoms with Gasteiger partial charge in [-0.2, -0.15) is 0 Å².